The summed E-state index contributed by atoms with van der Waals surface area (Å²) in [6.07, 6.45) is 6.30. The Hall–Kier alpha value is -1.06. The zero-order chi connectivity index (χ0) is 14.4. The number of carbonyl (C=O) groups is 1. The van der Waals surface area contributed by atoms with Gasteiger partial charge in [-0.3, -0.25) is 4.79 Å². The Morgan fingerprint density at radius 1 is 1.25 bits per heavy atom. The summed E-state index contributed by atoms with van der Waals surface area (Å²) < 4.78 is 0. The molecule has 2 unspecified atom stereocenters. The molecule has 0 heterocycles. The van der Waals surface area contributed by atoms with E-state index in [0.717, 1.165) is 0 Å². The van der Waals surface area contributed by atoms with Crippen molar-refractivity contribution < 1.29 is 4.79 Å². The van der Waals surface area contributed by atoms with E-state index in [1.807, 2.05) is 18.2 Å². The quantitative estimate of drug-likeness (QED) is 0.829. The number of halogens is 1. The molecule has 2 rings (SSSR count). The average molecular weight is 295 g/mol. The molecule has 20 heavy (non-hydrogen) atoms. The third-order valence-corrected chi connectivity index (χ3v) is 4.36. The molecule has 0 bridgehead atoms. The van der Waals surface area contributed by atoms with Crippen molar-refractivity contribution in [2.24, 2.45) is 5.92 Å². The van der Waals surface area contributed by atoms with Gasteiger partial charge in [0.1, 0.15) is 0 Å². The molecule has 2 N–H and O–H groups in total. The van der Waals surface area contributed by atoms with Gasteiger partial charge in [0, 0.05) is 6.04 Å². The van der Waals surface area contributed by atoms with Gasteiger partial charge in [-0.1, -0.05) is 49.9 Å². The Morgan fingerprint density at radius 2 is 2.00 bits per heavy atom. The molecule has 0 aliphatic heterocycles. The highest BCUT2D eigenvalue weighted by atomic mass is 35.5. The van der Waals surface area contributed by atoms with Crippen molar-refractivity contribution in [3.8, 4) is 0 Å². The van der Waals surface area contributed by atoms with Crippen molar-refractivity contribution >= 4 is 23.2 Å². The van der Waals surface area contributed by atoms with Crippen LogP contribution < -0.4 is 10.6 Å². The fourth-order valence-electron chi connectivity index (χ4n) is 2.78. The van der Waals surface area contributed by atoms with Gasteiger partial charge in [-0.25, -0.2) is 0 Å². The zero-order valence-corrected chi connectivity index (χ0v) is 12.7. The number of para-hydroxylation sites is 1. The average Bonchev–Trinajstić information content (AvgIpc) is 2.64. The summed E-state index contributed by atoms with van der Waals surface area (Å²) in [6.45, 7) is 2.62. The van der Waals surface area contributed by atoms with E-state index in [-0.39, 0.29) is 5.91 Å². The summed E-state index contributed by atoms with van der Waals surface area (Å²) in [7, 11) is 0. The van der Waals surface area contributed by atoms with E-state index in [4.69, 9.17) is 11.6 Å². The van der Waals surface area contributed by atoms with E-state index in [9.17, 15) is 4.79 Å². The van der Waals surface area contributed by atoms with Gasteiger partial charge in [-0.2, -0.15) is 0 Å². The van der Waals surface area contributed by atoms with E-state index in [1.165, 1.54) is 32.1 Å². The van der Waals surface area contributed by atoms with E-state index in [0.29, 0.717) is 29.2 Å². The normalized spacial score (nSPS) is 23.1. The Balaban J connectivity index is 1.81. The molecule has 1 aliphatic rings. The maximum Gasteiger partial charge on any atom is 0.238 e. The number of carbonyl (C=O) groups excluding carboxylic acids is 1. The first-order valence-corrected chi connectivity index (χ1v) is 7.82. The zero-order valence-electron chi connectivity index (χ0n) is 12.0. The maximum atomic E-state index is 12.0. The van der Waals surface area contributed by atoms with Gasteiger partial charge in [0.25, 0.3) is 0 Å². The molecule has 1 fully saturated rings. The highest BCUT2D eigenvalue weighted by molar-refractivity contribution is 6.33. The van der Waals surface area contributed by atoms with Crippen LogP contribution in [-0.2, 0) is 4.79 Å². The predicted octanol–water partition coefficient (Wildman–Crippen LogP) is 3.84. The van der Waals surface area contributed by atoms with Gasteiger partial charge in [-0.05, 0) is 30.9 Å². The third-order valence-electron chi connectivity index (χ3n) is 4.03. The van der Waals surface area contributed by atoms with Crippen molar-refractivity contribution in [3.05, 3.63) is 29.3 Å². The molecule has 1 amide bonds. The molecule has 3 nitrogen and oxygen atoms in total. The molecule has 0 aromatic heterocycles. The van der Waals surface area contributed by atoms with E-state index >= 15 is 0 Å². The van der Waals surface area contributed by atoms with Crippen LogP contribution in [-0.4, -0.2) is 18.5 Å². The number of nitrogens with one attached hydrogen (secondary N) is 2. The summed E-state index contributed by atoms with van der Waals surface area (Å²) >= 11 is 6.03. The van der Waals surface area contributed by atoms with Crippen molar-refractivity contribution in [1.29, 1.82) is 0 Å². The van der Waals surface area contributed by atoms with Crippen LogP contribution in [0.15, 0.2) is 24.3 Å². The van der Waals surface area contributed by atoms with Crippen molar-refractivity contribution in [3.63, 3.8) is 0 Å². The summed E-state index contributed by atoms with van der Waals surface area (Å²) in [5.41, 5.74) is 0.676. The van der Waals surface area contributed by atoms with Crippen LogP contribution >= 0.6 is 11.6 Å². The third kappa shape index (κ3) is 4.50. The first-order valence-electron chi connectivity index (χ1n) is 7.44. The monoisotopic (exact) mass is 294 g/mol. The number of rotatable bonds is 4. The second-order valence-corrected chi connectivity index (χ2v) is 6.04. The Morgan fingerprint density at radius 3 is 2.80 bits per heavy atom. The summed E-state index contributed by atoms with van der Waals surface area (Å²) in [6, 6.07) is 7.76. The Kier molecular flexibility index (Phi) is 5.86. The van der Waals surface area contributed by atoms with Gasteiger partial charge in [0.15, 0.2) is 0 Å². The Labute approximate surface area is 126 Å². The molecular formula is C16H23ClN2O. The fourth-order valence-corrected chi connectivity index (χ4v) is 2.96. The lowest BCUT2D eigenvalue weighted by molar-refractivity contribution is -0.115. The lowest BCUT2D eigenvalue weighted by Crippen LogP contribution is -2.39. The van der Waals surface area contributed by atoms with Gasteiger partial charge in [0.05, 0.1) is 17.3 Å². The van der Waals surface area contributed by atoms with Crippen LogP contribution in [0.4, 0.5) is 5.69 Å². The SMILES string of the molecule is CC1CCCCCC1NCC(=O)Nc1ccccc1Cl. The first kappa shape index (κ1) is 15.3. The summed E-state index contributed by atoms with van der Waals surface area (Å²) in [5.74, 6) is 0.611. The molecule has 1 aromatic carbocycles. The van der Waals surface area contributed by atoms with Gasteiger partial charge in [0.2, 0.25) is 5.91 Å². The number of hydrogen-bond donors (Lipinski definition) is 2. The highest BCUT2D eigenvalue weighted by Gasteiger charge is 2.20. The number of anilines is 1. The minimum atomic E-state index is -0.0328. The first-order chi connectivity index (χ1) is 9.66. The largest absolute Gasteiger partial charge is 0.324 e. The molecule has 0 saturated heterocycles. The van der Waals surface area contributed by atoms with Crippen LogP contribution in [0.5, 0.6) is 0 Å². The number of hydrogen-bond acceptors (Lipinski definition) is 2. The smallest absolute Gasteiger partial charge is 0.238 e. The second kappa shape index (κ2) is 7.65. The van der Waals surface area contributed by atoms with E-state index in [2.05, 4.69) is 17.6 Å². The van der Waals surface area contributed by atoms with Crippen molar-refractivity contribution in [2.45, 2.75) is 45.1 Å². The maximum absolute atomic E-state index is 12.0. The molecule has 1 aromatic rings. The van der Waals surface area contributed by atoms with Crippen LogP contribution in [0.2, 0.25) is 5.02 Å². The molecule has 0 radical (unpaired) electrons. The number of benzene rings is 1. The van der Waals surface area contributed by atoms with E-state index in [1.54, 1.807) is 6.07 Å². The molecular weight excluding hydrogens is 272 g/mol. The standard InChI is InChI=1S/C16H23ClN2O/c1-12-7-3-2-4-9-14(12)18-11-16(20)19-15-10-6-5-8-13(15)17/h5-6,8,10,12,14,18H,2-4,7,9,11H2,1H3,(H,19,20). The molecule has 0 spiro atoms. The van der Waals surface area contributed by atoms with Crippen LogP contribution in [0.1, 0.15) is 39.0 Å². The summed E-state index contributed by atoms with van der Waals surface area (Å²) in [5, 5.41) is 6.82. The summed E-state index contributed by atoms with van der Waals surface area (Å²) in [4.78, 5) is 12.0. The van der Waals surface area contributed by atoms with Gasteiger partial charge in [-0.15, -0.1) is 0 Å². The molecule has 2 atom stereocenters. The van der Waals surface area contributed by atoms with Crippen LogP contribution in [0, 0.1) is 5.92 Å². The highest BCUT2D eigenvalue weighted by Crippen LogP contribution is 2.23. The molecule has 1 saturated carbocycles. The van der Waals surface area contributed by atoms with Crippen molar-refractivity contribution in [1.82, 2.24) is 5.32 Å². The lowest BCUT2D eigenvalue weighted by Gasteiger charge is -2.22. The molecule has 4 heteroatoms. The minimum absolute atomic E-state index is 0.0328. The topological polar surface area (TPSA) is 41.1 Å². The minimum Gasteiger partial charge on any atom is -0.324 e. The van der Waals surface area contributed by atoms with Gasteiger partial charge >= 0.3 is 0 Å². The van der Waals surface area contributed by atoms with Crippen LogP contribution in [0.3, 0.4) is 0 Å². The lowest BCUT2D eigenvalue weighted by atomic mass is 9.97. The Bertz CT molecular complexity index is 450. The fraction of sp³-hybridized carbons (Fsp3) is 0.562. The predicted molar refractivity (Wildman–Crippen MR) is 84.1 cm³/mol. The van der Waals surface area contributed by atoms with Crippen molar-refractivity contribution in [2.75, 3.05) is 11.9 Å². The molecule has 1 aliphatic carbocycles. The number of amides is 1. The molecule has 110 valence electrons. The van der Waals surface area contributed by atoms with E-state index < -0.39 is 0 Å². The second-order valence-electron chi connectivity index (χ2n) is 5.63. The van der Waals surface area contributed by atoms with Gasteiger partial charge < -0.3 is 10.6 Å². The van der Waals surface area contributed by atoms with Crippen LogP contribution in [0.25, 0.3) is 0 Å².